The number of ketones is 1. The molecule has 0 saturated heterocycles. The van der Waals surface area contributed by atoms with E-state index in [-0.39, 0.29) is 30.7 Å². The van der Waals surface area contributed by atoms with Crippen molar-refractivity contribution in [3.63, 3.8) is 0 Å². The molecule has 0 spiro atoms. The van der Waals surface area contributed by atoms with Crippen LogP contribution in [0.4, 0.5) is 5.69 Å². The summed E-state index contributed by atoms with van der Waals surface area (Å²) in [5.74, 6) is -0.389. The minimum absolute atomic E-state index is 0.0783. The SMILES string of the molecule is CC(=O)Nc1ccc(CC(=O)OCCCC(=O)c2cccs2)cc1. The second-order valence-electron chi connectivity index (χ2n) is 5.28. The highest BCUT2D eigenvalue weighted by molar-refractivity contribution is 7.12. The minimum atomic E-state index is -0.328. The second kappa shape index (κ2) is 8.98. The monoisotopic (exact) mass is 345 g/mol. The lowest BCUT2D eigenvalue weighted by Crippen LogP contribution is -2.10. The lowest BCUT2D eigenvalue weighted by Gasteiger charge is -2.06. The first-order chi connectivity index (χ1) is 11.5. The van der Waals surface area contributed by atoms with Gasteiger partial charge in [0.05, 0.1) is 17.9 Å². The van der Waals surface area contributed by atoms with E-state index in [1.807, 2.05) is 11.4 Å². The summed E-state index contributed by atoms with van der Waals surface area (Å²) in [6.45, 7) is 1.67. The van der Waals surface area contributed by atoms with Crippen LogP contribution in [0.3, 0.4) is 0 Å². The number of thiophene rings is 1. The molecule has 1 heterocycles. The molecule has 2 aromatic rings. The van der Waals surface area contributed by atoms with Gasteiger partial charge in [-0.3, -0.25) is 14.4 Å². The van der Waals surface area contributed by atoms with E-state index in [9.17, 15) is 14.4 Å². The fourth-order valence-electron chi connectivity index (χ4n) is 2.11. The van der Waals surface area contributed by atoms with Crippen LogP contribution in [0, 0.1) is 0 Å². The first-order valence-corrected chi connectivity index (χ1v) is 8.51. The highest BCUT2D eigenvalue weighted by Crippen LogP contribution is 2.13. The molecule has 0 unspecified atom stereocenters. The van der Waals surface area contributed by atoms with Gasteiger partial charge in [-0.1, -0.05) is 18.2 Å². The molecule has 5 nitrogen and oxygen atoms in total. The molecular weight excluding hydrogens is 326 g/mol. The van der Waals surface area contributed by atoms with Crippen LogP contribution in [0.2, 0.25) is 0 Å². The van der Waals surface area contributed by atoms with Gasteiger partial charge in [0.2, 0.25) is 5.91 Å². The Morgan fingerprint density at radius 2 is 1.88 bits per heavy atom. The number of esters is 1. The van der Waals surface area contributed by atoms with Crippen LogP contribution in [0.25, 0.3) is 0 Å². The number of carbonyl (C=O) groups excluding carboxylic acids is 3. The summed E-state index contributed by atoms with van der Waals surface area (Å²) < 4.78 is 5.15. The lowest BCUT2D eigenvalue weighted by molar-refractivity contribution is -0.142. The molecule has 0 aliphatic carbocycles. The summed E-state index contributed by atoms with van der Waals surface area (Å²) in [6.07, 6.45) is 1.06. The Hall–Kier alpha value is -2.47. The van der Waals surface area contributed by atoms with Crippen molar-refractivity contribution in [3.05, 3.63) is 52.2 Å². The summed E-state index contributed by atoms with van der Waals surface area (Å²) >= 11 is 1.42. The number of nitrogens with one attached hydrogen (secondary N) is 1. The van der Waals surface area contributed by atoms with Gasteiger partial charge < -0.3 is 10.1 Å². The highest BCUT2D eigenvalue weighted by atomic mass is 32.1. The number of Topliss-reactive ketones (excluding diaryl/α,β-unsaturated/α-hetero) is 1. The van der Waals surface area contributed by atoms with Crippen molar-refractivity contribution >= 4 is 34.7 Å². The van der Waals surface area contributed by atoms with Gasteiger partial charge in [0.25, 0.3) is 0 Å². The molecule has 1 aromatic carbocycles. The Labute approximate surface area is 144 Å². The number of carbonyl (C=O) groups is 3. The van der Waals surface area contributed by atoms with E-state index >= 15 is 0 Å². The largest absolute Gasteiger partial charge is 0.465 e. The molecule has 1 aromatic heterocycles. The average Bonchev–Trinajstić information content (AvgIpc) is 3.07. The van der Waals surface area contributed by atoms with E-state index in [2.05, 4.69) is 5.32 Å². The average molecular weight is 345 g/mol. The fourth-order valence-corrected chi connectivity index (χ4v) is 2.80. The van der Waals surface area contributed by atoms with Crippen LogP contribution in [0.5, 0.6) is 0 Å². The zero-order chi connectivity index (χ0) is 17.4. The number of ether oxygens (including phenoxy) is 1. The van der Waals surface area contributed by atoms with E-state index in [0.717, 1.165) is 10.4 Å². The third-order valence-electron chi connectivity index (χ3n) is 3.23. The van der Waals surface area contributed by atoms with Crippen molar-refractivity contribution in [1.82, 2.24) is 0 Å². The molecule has 0 saturated carbocycles. The highest BCUT2D eigenvalue weighted by Gasteiger charge is 2.08. The van der Waals surface area contributed by atoms with E-state index < -0.39 is 0 Å². The zero-order valence-corrected chi connectivity index (χ0v) is 14.2. The van der Waals surface area contributed by atoms with Crippen LogP contribution < -0.4 is 5.32 Å². The third kappa shape index (κ3) is 5.96. The Kier molecular flexibility index (Phi) is 6.69. The molecule has 0 radical (unpaired) electrons. The van der Waals surface area contributed by atoms with Gasteiger partial charge in [-0.15, -0.1) is 11.3 Å². The maximum atomic E-state index is 11.8. The van der Waals surface area contributed by atoms with Crippen LogP contribution >= 0.6 is 11.3 Å². The lowest BCUT2D eigenvalue weighted by atomic mass is 10.1. The summed E-state index contributed by atoms with van der Waals surface area (Å²) in [6, 6.07) is 10.7. The Morgan fingerprint density at radius 1 is 1.12 bits per heavy atom. The Balaban J connectivity index is 1.67. The quantitative estimate of drug-likeness (QED) is 0.452. The Bertz CT molecular complexity index is 692. The molecule has 1 amide bonds. The molecule has 0 aliphatic heterocycles. The summed E-state index contributed by atoms with van der Waals surface area (Å²) in [5, 5.41) is 4.53. The van der Waals surface area contributed by atoms with Gasteiger partial charge in [0.1, 0.15) is 0 Å². The molecule has 126 valence electrons. The molecule has 2 rings (SSSR count). The van der Waals surface area contributed by atoms with E-state index in [0.29, 0.717) is 18.5 Å². The van der Waals surface area contributed by atoms with Gasteiger partial charge in [0, 0.05) is 19.0 Å². The van der Waals surface area contributed by atoms with Crippen molar-refractivity contribution in [3.8, 4) is 0 Å². The van der Waals surface area contributed by atoms with Gasteiger partial charge in [-0.25, -0.2) is 0 Å². The smallest absolute Gasteiger partial charge is 0.310 e. The number of hydrogen-bond acceptors (Lipinski definition) is 5. The van der Waals surface area contributed by atoms with E-state index in [4.69, 9.17) is 4.74 Å². The molecule has 0 fully saturated rings. The predicted octanol–water partition coefficient (Wildman–Crippen LogP) is 3.46. The zero-order valence-electron chi connectivity index (χ0n) is 13.4. The van der Waals surface area contributed by atoms with Crippen LogP contribution in [-0.2, 0) is 20.7 Å². The van der Waals surface area contributed by atoms with Crippen molar-refractivity contribution in [2.24, 2.45) is 0 Å². The van der Waals surface area contributed by atoms with E-state index in [1.165, 1.54) is 18.3 Å². The summed E-state index contributed by atoms with van der Waals surface area (Å²) in [5.41, 5.74) is 1.50. The van der Waals surface area contributed by atoms with Crippen molar-refractivity contribution in [2.45, 2.75) is 26.2 Å². The van der Waals surface area contributed by atoms with Crippen molar-refractivity contribution in [2.75, 3.05) is 11.9 Å². The second-order valence-corrected chi connectivity index (χ2v) is 6.23. The molecule has 0 atom stereocenters. The molecule has 24 heavy (non-hydrogen) atoms. The number of benzene rings is 1. The first kappa shape index (κ1) is 17.9. The minimum Gasteiger partial charge on any atom is -0.465 e. The van der Waals surface area contributed by atoms with Gasteiger partial charge in [-0.2, -0.15) is 0 Å². The molecule has 6 heteroatoms. The van der Waals surface area contributed by atoms with Gasteiger partial charge >= 0.3 is 5.97 Å². The van der Waals surface area contributed by atoms with Gasteiger partial charge in [-0.05, 0) is 35.6 Å². The van der Waals surface area contributed by atoms with Crippen LogP contribution in [0.15, 0.2) is 41.8 Å². The number of rotatable bonds is 8. The van der Waals surface area contributed by atoms with E-state index in [1.54, 1.807) is 30.3 Å². The van der Waals surface area contributed by atoms with Crippen molar-refractivity contribution in [1.29, 1.82) is 0 Å². The van der Waals surface area contributed by atoms with Gasteiger partial charge in [0.15, 0.2) is 5.78 Å². The number of hydrogen-bond donors (Lipinski definition) is 1. The molecule has 0 aliphatic rings. The van der Waals surface area contributed by atoms with Crippen molar-refractivity contribution < 1.29 is 19.1 Å². The maximum Gasteiger partial charge on any atom is 0.310 e. The number of amides is 1. The number of anilines is 1. The topological polar surface area (TPSA) is 72.5 Å². The third-order valence-corrected chi connectivity index (χ3v) is 4.14. The summed E-state index contributed by atoms with van der Waals surface area (Å²) in [4.78, 5) is 35.2. The van der Waals surface area contributed by atoms with Crippen LogP contribution in [0.1, 0.15) is 35.0 Å². The van der Waals surface area contributed by atoms with Crippen LogP contribution in [-0.4, -0.2) is 24.3 Å². The first-order valence-electron chi connectivity index (χ1n) is 7.63. The molecule has 0 bridgehead atoms. The molecule has 1 N–H and O–H groups in total. The predicted molar refractivity (Wildman–Crippen MR) is 93.3 cm³/mol. The standard InChI is InChI=1S/C18H19NO4S/c1-13(20)19-15-8-6-14(7-9-15)12-18(22)23-10-2-4-16(21)17-5-3-11-24-17/h3,5-9,11H,2,4,10,12H2,1H3,(H,19,20). The summed E-state index contributed by atoms with van der Waals surface area (Å²) in [7, 11) is 0. The molecular formula is C18H19NO4S. The fraction of sp³-hybridized carbons (Fsp3) is 0.278. The Morgan fingerprint density at radius 3 is 2.50 bits per heavy atom. The normalized spacial score (nSPS) is 10.2. The maximum absolute atomic E-state index is 11.8.